The van der Waals surface area contributed by atoms with Crippen molar-refractivity contribution >= 4 is 5.91 Å². The second-order valence-corrected chi connectivity index (χ2v) is 3.00. The van der Waals surface area contributed by atoms with Gasteiger partial charge in [0.2, 0.25) is 5.91 Å². The fourth-order valence-corrected chi connectivity index (χ4v) is 0.991. The third-order valence-corrected chi connectivity index (χ3v) is 1.78. The number of amides is 1. The van der Waals surface area contributed by atoms with Gasteiger partial charge in [-0.15, -0.1) is 0 Å². The van der Waals surface area contributed by atoms with E-state index < -0.39 is 17.6 Å². The van der Waals surface area contributed by atoms with Crippen LogP contribution in [-0.4, -0.2) is 10.9 Å². The maximum absolute atomic E-state index is 12.1. The molecule has 1 amide bonds. The summed E-state index contributed by atoms with van der Waals surface area (Å²) in [5, 5.41) is 0. The van der Waals surface area contributed by atoms with E-state index in [0.29, 0.717) is 5.69 Å². The van der Waals surface area contributed by atoms with E-state index in [4.69, 9.17) is 5.73 Å². The minimum Gasteiger partial charge on any atom is -0.370 e. The van der Waals surface area contributed by atoms with Crippen LogP contribution >= 0.6 is 0 Å². The van der Waals surface area contributed by atoms with E-state index >= 15 is 0 Å². The van der Waals surface area contributed by atoms with Gasteiger partial charge in [0.1, 0.15) is 0 Å². The van der Waals surface area contributed by atoms with Gasteiger partial charge >= 0.3 is 6.18 Å². The molecule has 1 aromatic rings. The van der Waals surface area contributed by atoms with Gasteiger partial charge in [-0.1, -0.05) is 0 Å². The van der Waals surface area contributed by atoms with Crippen LogP contribution in [0.1, 0.15) is 17.7 Å². The lowest BCUT2D eigenvalue weighted by molar-refractivity contribution is -0.137. The number of primary amides is 1. The summed E-state index contributed by atoms with van der Waals surface area (Å²) in [4.78, 5) is 14.0. The monoisotopic (exact) mass is 218 g/mol. The molecule has 2 N–H and O–H groups in total. The maximum Gasteiger partial charge on any atom is 0.417 e. The van der Waals surface area contributed by atoms with Crippen LogP contribution in [0.3, 0.4) is 0 Å². The standard InChI is InChI=1S/C9H9F3N2O/c10-9(11,12)6-1-2-7(14-5-6)3-4-8(13)15/h1-2,5H,3-4H2,(H2,13,15). The number of aromatic nitrogens is 1. The third kappa shape index (κ3) is 3.57. The summed E-state index contributed by atoms with van der Waals surface area (Å²) in [6.45, 7) is 0. The van der Waals surface area contributed by atoms with Crippen molar-refractivity contribution in [2.24, 2.45) is 5.73 Å². The Hall–Kier alpha value is -1.59. The molecule has 0 saturated carbocycles. The van der Waals surface area contributed by atoms with E-state index in [1.807, 2.05) is 0 Å². The zero-order valence-corrected chi connectivity index (χ0v) is 7.71. The largest absolute Gasteiger partial charge is 0.417 e. The molecular weight excluding hydrogens is 209 g/mol. The number of carbonyl (C=O) groups excluding carboxylic acids is 1. The molecule has 1 heterocycles. The van der Waals surface area contributed by atoms with Crippen molar-refractivity contribution in [1.82, 2.24) is 4.98 Å². The van der Waals surface area contributed by atoms with Gasteiger partial charge in [-0.05, 0) is 18.6 Å². The molecule has 0 aliphatic carbocycles. The van der Waals surface area contributed by atoms with Crippen LogP contribution in [0.25, 0.3) is 0 Å². The average Bonchev–Trinajstić information content (AvgIpc) is 2.14. The van der Waals surface area contributed by atoms with Gasteiger partial charge in [-0.25, -0.2) is 0 Å². The number of rotatable bonds is 3. The maximum atomic E-state index is 12.1. The zero-order chi connectivity index (χ0) is 11.5. The Morgan fingerprint density at radius 3 is 2.47 bits per heavy atom. The number of nitrogens with two attached hydrogens (primary N) is 1. The number of hydrogen-bond acceptors (Lipinski definition) is 2. The van der Waals surface area contributed by atoms with Gasteiger partial charge in [-0.2, -0.15) is 13.2 Å². The van der Waals surface area contributed by atoms with Gasteiger partial charge in [0, 0.05) is 18.3 Å². The van der Waals surface area contributed by atoms with Gasteiger partial charge in [-0.3, -0.25) is 9.78 Å². The van der Waals surface area contributed by atoms with E-state index in [9.17, 15) is 18.0 Å². The quantitative estimate of drug-likeness (QED) is 0.836. The number of pyridine rings is 1. The second-order valence-electron chi connectivity index (χ2n) is 3.00. The van der Waals surface area contributed by atoms with Crippen molar-refractivity contribution in [2.45, 2.75) is 19.0 Å². The molecular formula is C9H9F3N2O. The molecule has 15 heavy (non-hydrogen) atoms. The molecule has 0 radical (unpaired) electrons. The van der Waals surface area contributed by atoms with Crippen molar-refractivity contribution in [1.29, 1.82) is 0 Å². The van der Waals surface area contributed by atoms with Gasteiger partial charge in [0.05, 0.1) is 5.56 Å². The van der Waals surface area contributed by atoms with E-state index in [2.05, 4.69) is 4.98 Å². The molecule has 0 saturated heterocycles. The summed E-state index contributed by atoms with van der Waals surface area (Å²) in [5.74, 6) is -0.503. The van der Waals surface area contributed by atoms with Crippen LogP contribution in [0.15, 0.2) is 18.3 Å². The van der Waals surface area contributed by atoms with Gasteiger partial charge in [0.15, 0.2) is 0 Å². The number of aryl methyl sites for hydroxylation is 1. The molecule has 82 valence electrons. The summed E-state index contributed by atoms with van der Waals surface area (Å²) in [6, 6.07) is 2.18. The molecule has 0 atom stereocenters. The minimum atomic E-state index is -4.38. The summed E-state index contributed by atoms with van der Waals surface area (Å²) in [7, 11) is 0. The Balaban J connectivity index is 2.69. The Kier molecular flexibility index (Phi) is 3.28. The molecule has 0 unspecified atom stereocenters. The first-order valence-corrected chi connectivity index (χ1v) is 4.20. The predicted molar refractivity (Wildman–Crippen MR) is 46.8 cm³/mol. The van der Waals surface area contributed by atoms with Crippen LogP contribution in [0.2, 0.25) is 0 Å². The molecule has 6 heteroatoms. The number of hydrogen-bond donors (Lipinski definition) is 1. The molecule has 1 aromatic heterocycles. The first-order valence-electron chi connectivity index (χ1n) is 4.20. The molecule has 0 aliphatic rings. The van der Waals surface area contributed by atoms with Crippen LogP contribution in [-0.2, 0) is 17.4 Å². The van der Waals surface area contributed by atoms with E-state index in [0.717, 1.165) is 12.3 Å². The third-order valence-electron chi connectivity index (χ3n) is 1.78. The van der Waals surface area contributed by atoms with Crippen molar-refractivity contribution < 1.29 is 18.0 Å². The lowest BCUT2D eigenvalue weighted by atomic mass is 10.2. The number of halogens is 3. The topological polar surface area (TPSA) is 56.0 Å². The lowest BCUT2D eigenvalue weighted by Crippen LogP contribution is -2.12. The van der Waals surface area contributed by atoms with Gasteiger partial charge < -0.3 is 5.73 Å². The van der Waals surface area contributed by atoms with Gasteiger partial charge in [0.25, 0.3) is 0 Å². The Morgan fingerprint density at radius 1 is 1.40 bits per heavy atom. The molecule has 0 aliphatic heterocycles. The Bertz CT molecular complexity index is 345. The molecule has 0 bridgehead atoms. The number of alkyl halides is 3. The first-order chi connectivity index (χ1) is 6.89. The van der Waals surface area contributed by atoms with E-state index in [1.165, 1.54) is 6.07 Å². The normalized spacial score (nSPS) is 11.4. The predicted octanol–water partition coefficient (Wildman–Crippen LogP) is 1.52. The molecule has 0 aromatic carbocycles. The van der Waals surface area contributed by atoms with Crippen LogP contribution < -0.4 is 5.73 Å². The minimum absolute atomic E-state index is 0.0817. The van der Waals surface area contributed by atoms with Crippen molar-refractivity contribution in [3.8, 4) is 0 Å². The molecule has 0 spiro atoms. The highest BCUT2D eigenvalue weighted by Gasteiger charge is 2.30. The van der Waals surface area contributed by atoms with E-state index in [-0.39, 0.29) is 12.8 Å². The Labute approximate surface area is 84.1 Å². The SMILES string of the molecule is NC(=O)CCc1ccc(C(F)(F)F)cn1. The molecule has 0 fully saturated rings. The second kappa shape index (κ2) is 4.29. The van der Waals surface area contributed by atoms with Crippen LogP contribution in [0, 0.1) is 0 Å². The van der Waals surface area contributed by atoms with Crippen molar-refractivity contribution in [3.63, 3.8) is 0 Å². The molecule has 1 rings (SSSR count). The van der Waals surface area contributed by atoms with Crippen molar-refractivity contribution in [3.05, 3.63) is 29.6 Å². The highest BCUT2D eigenvalue weighted by molar-refractivity contribution is 5.73. The number of carbonyl (C=O) groups is 1. The number of nitrogens with zero attached hydrogens (tertiary/aromatic N) is 1. The van der Waals surface area contributed by atoms with Crippen molar-refractivity contribution in [2.75, 3.05) is 0 Å². The zero-order valence-electron chi connectivity index (χ0n) is 7.71. The van der Waals surface area contributed by atoms with E-state index in [1.54, 1.807) is 0 Å². The molecule has 3 nitrogen and oxygen atoms in total. The summed E-state index contributed by atoms with van der Waals surface area (Å²) >= 11 is 0. The smallest absolute Gasteiger partial charge is 0.370 e. The summed E-state index contributed by atoms with van der Waals surface area (Å²) in [6.07, 6.45) is -3.29. The summed E-state index contributed by atoms with van der Waals surface area (Å²) < 4.78 is 36.4. The van der Waals surface area contributed by atoms with Crippen LogP contribution in [0.5, 0.6) is 0 Å². The summed E-state index contributed by atoms with van der Waals surface area (Å²) in [5.41, 5.74) is 4.51. The first kappa shape index (κ1) is 11.5. The average molecular weight is 218 g/mol. The highest BCUT2D eigenvalue weighted by Crippen LogP contribution is 2.28. The fourth-order valence-electron chi connectivity index (χ4n) is 0.991. The fraction of sp³-hybridized carbons (Fsp3) is 0.333. The van der Waals surface area contributed by atoms with Crippen LogP contribution in [0.4, 0.5) is 13.2 Å². The highest BCUT2D eigenvalue weighted by atomic mass is 19.4. The Morgan fingerprint density at radius 2 is 2.07 bits per heavy atom. The lowest BCUT2D eigenvalue weighted by Gasteiger charge is -2.06.